The van der Waals surface area contributed by atoms with E-state index in [1.165, 1.54) is 0 Å². The summed E-state index contributed by atoms with van der Waals surface area (Å²) in [5, 5.41) is 31.9. The lowest BCUT2D eigenvalue weighted by molar-refractivity contribution is -0.225. The molecule has 0 saturated heterocycles. The smallest absolute Gasteiger partial charge is 0.336 e. The highest BCUT2D eigenvalue weighted by molar-refractivity contribution is 5.79. The van der Waals surface area contributed by atoms with Crippen LogP contribution >= 0.6 is 0 Å². The average Bonchev–Trinajstić information content (AvgIpc) is 2.77. The quantitative estimate of drug-likeness (QED) is 0.624. The summed E-state index contributed by atoms with van der Waals surface area (Å²) in [5.74, 6) is -2.46. The molecule has 0 spiro atoms. The molecule has 4 rings (SSSR count). The normalized spacial score (nSPS) is 55.5. The third kappa shape index (κ3) is 1.74. The van der Waals surface area contributed by atoms with Gasteiger partial charge in [-0.15, -0.1) is 0 Å². The minimum atomic E-state index is -1.93. The van der Waals surface area contributed by atoms with Crippen LogP contribution in [0.25, 0.3) is 0 Å². The van der Waals surface area contributed by atoms with Crippen LogP contribution in [0, 0.1) is 28.6 Å². The van der Waals surface area contributed by atoms with Crippen molar-refractivity contribution in [1.29, 1.82) is 0 Å². The number of carbonyl (C=O) groups is 1. The first-order chi connectivity index (χ1) is 12.0. The molecule has 3 N–H and O–H groups in total. The summed E-state index contributed by atoms with van der Waals surface area (Å²) in [6.45, 7) is 5.34. The second kappa shape index (κ2) is 5.20. The van der Waals surface area contributed by atoms with E-state index >= 15 is 4.39 Å². The Labute approximate surface area is 153 Å². The molecule has 0 bridgehead atoms. The standard InChI is InChI=1S/C21H29FO4/c1-12-10-15-14-8-7-13-6-4-5-9-18(13,2)20(14,22)16(23)11-19(15,3)21(12,26)17(24)25/h5-6,9,12,14-16,23,26H,4,7-8,10-11H2,1-3H3,(H,24,25)/t12-,14+,15+,16+,18+,19+,20+,21+/m1/s1. The Morgan fingerprint density at radius 2 is 2.00 bits per heavy atom. The van der Waals surface area contributed by atoms with E-state index in [0.717, 1.165) is 18.4 Å². The highest BCUT2D eigenvalue weighted by atomic mass is 19.1. The SMILES string of the molecule is C[C@@H]1C[C@H]2[C@@H]3CCC4=CCC=C[C@]4(C)[C@@]3(F)[C@@H](O)C[C@]2(C)[C@@]1(O)C(=O)O. The Hall–Kier alpha value is -1.20. The highest BCUT2D eigenvalue weighted by Gasteiger charge is 2.75. The molecule has 8 atom stereocenters. The topological polar surface area (TPSA) is 77.8 Å². The number of alkyl halides is 1. The van der Waals surface area contributed by atoms with E-state index in [9.17, 15) is 20.1 Å². The third-order valence-corrected chi connectivity index (χ3v) is 8.60. The number of aliphatic hydroxyl groups excluding tert-OH is 1. The van der Waals surface area contributed by atoms with E-state index < -0.39 is 46.0 Å². The van der Waals surface area contributed by atoms with Crippen molar-refractivity contribution in [1.82, 2.24) is 0 Å². The number of allylic oxidation sites excluding steroid dienone is 4. The molecule has 0 aromatic heterocycles. The van der Waals surface area contributed by atoms with Gasteiger partial charge in [0.15, 0.2) is 11.3 Å². The molecule has 0 unspecified atom stereocenters. The fraction of sp³-hybridized carbons (Fsp3) is 0.762. The van der Waals surface area contributed by atoms with Crippen molar-refractivity contribution in [2.24, 2.45) is 28.6 Å². The van der Waals surface area contributed by atoms with Gasteiger partial charge in [-0.25, -0.2) is 9.18 Å². The number of carboxylic acid groups (broad SMARTS) is 1. The first kappa shape index (κ1) is 18.2. The van der Waals surface area contributed by atoms with Gasteiger partial charge >= 0.3 is 5.97 Å². The van der Waals surface area contributed by atoms with Gasteiger partial charge in [-0.2, -0.15) is 0 Å². The monoisotopic (exact) mass is 364 g/mol. The van der Waals surface area contributed by atoms with Crippen LogP contribution in [0.2, 0.25) is 0 Å². The zero-order chi connectivity index (χ0) is 19.1. The highest BCUT2D eigenvalue weighted by Crippen LogP contribution is 2.70. The molecule has 4 aliphatic carbocycles. The van der Waals surface area contributed by atoms with Crippen molar-refractivity contribution in [3.8, 4) is 0 Å². The van der Waals surface area contributed by atoms with Gasteiger partial charge < -0.3 is 15.3 Å². The van der Waals surface area contributed by atoms with Crippen molar-refractivity contribution in [3.05, 3.63) is 23.8 Å². The molecular weight excluding hydrogens is 335 g/mol. The number of aliphatic hydroxyl groups is 2. The Kier molecular flexibility index (Phi) is 3.63. The van der Waals surface area contributed by atoms with Crippen molar-refractivity contribution < 1.29 is 24.5 Å². The van der Waals surface area contributed by atoms with Crippen molar-refractivity contribution >= 4 is 5.97 Å². The van der Waals surface area contributed by atoms with Gasteiger partial charge in [-0.1, -0.05) is 37.6 Å². The van der Waals surface area contributed by atoms with Crippen molar-refractivity contribution in [3.63, 3.8) is 0 Å². The maximum Gasteiger partial charge on any atom is 0.336 e. The number of fused-ring (bicyclic) bond motifs is 5. The third-order valence-electron chi connectivity index (χ3n) is 8.60. The van der Waals surface area contributed by atoms with Gasteiger partial charge in [-0.05, 0) is 50.9 Å². The van der Waals surface area contributed by atoms with Crippen LogP contribution in [0.15, 0.2) is 23.8 Å². The molecule has 4 aliphatic rings. The molecule has 0 amide bonds. The van der Waals surface area contributed by atoms with Gasteiger partial charge in [0.25, 0.3) is 0 Å². The molecule has 144 valence electrons. The van der Waals surface area contributed by atoms with Crippen LogP contribution < -0.4 is 0 Å². The van der Waals surface area contributed by atoms with E-state index in [4.69, 9.17) is 0 Å². The molecule has 0 aromatic carbocycles. The fourth-order valence-corrected chi connectivity index (χ4v) is 7.14. The summed E-state index contributed by atoms with van der Waals surface area (Å²) < 4.78 is 16.7. The number of halogens is 1. The molecule has 0 aromatic rings. The summed E-state index contributed by atoms with van der Waals surface area (Å²) in [7, 11) is 0. The van der Waals surface area contributed by atoms with Crippen LogP contribution in [0.1, 0.15) is 52.9 Å². The van der Waals surface area contributed by atoms with Crippen LogP contribution in [0.4, 0.5) is 4.39 Å². The van der Waals surface area contributed by atoms with E-state index in [0.29, 0.717) is 12.8 Å². The largest absolute Gasteiger partial charge is 0.479 e. The van der Waals surface area contributed by atoms with Gasteiger partial charge in [0.05, 0.1) is 6.10 Å². The first-order valence-electron chi connectivity index (χ1n) is 9.73. The van der Waals surface area contributed by atoms with Gasteiger partial charge in [-0.3, -0.25) is 0 Å². The molecule has 4 nitrogen and oxygen atoms in total. The first-order valence-corrected chi connectivity index (χ1v) is 9.73. The summed E-state index contributed by atoms with van der Waals surface area (Å²) in [5.41, 5.74) is -4.61. The summed E-state index contributed by atoms with van der Waals surface area (Å²) in [6.07, 6.45) is 7.21. The van der Waals surface area contributed by atoms with Gasteiger partial charge in [0, 0.05) is 16.7 Å². The molecule has 3 saturated carbocycles. The predicted octanol–water partition coefficient (Wildman–Crippen LogP) is 3.24. The second-order valence-electron chi connectivity index (χ2n) is 9.44. The van der Waals surface area contributed by atoms with E-state index in [2.05, 4.69) is 6.08 Å². The fourth-order valence-electron chi connectivity index (χ4n) is 7.14. The Morgan fingerprint density at radius 3 is 2.65 bits per heavy atom. The molecule has 0 aliphatic heterocycles. The van der Waals surface area contributed by atoms with Crippen LogP contribution in [-0.2, 0) is 4.79 Å². The maximum atomic E-state index is 16.7. The van der Waals surface area contributed by atoms with Crippen LogP contribution in [0.5, 0.6) is 0 Å². The lowest BCUT2D eigenvalue weighted by atomic mass is 9.45. The number of carboxylic acids is 1. The zero-order valence-electron chi connectivity index (χ0n) is 15.7. The predicted molar refractivity (Wildman–Crippen MR) is 95.1 cm³/mol. The van der Waals surface area contributed by atoms with Gasteiger partial charge in [0.1, 0.15) is 0 Å². The maximum absolute atomic E-state index is 16.7. The minimum absolute atomic E-state index is 0.0332. The average molecular weight is 364 g/mol. The summed E-state index contributed by atoms with van der Waals surface area (Å²) >= 11 is 0. The number of hydrogen-bond donors (Lipinski definition) is 3. The number of rotatable bonds is 1. The minimum Gasteiger partial charge on any atom is -0.479 e. The molecule has 0 heterocycles. The number of hydrogen-bond acceptors (Lipinski definition) is 3. The lowest BCUT2D eigenvalue weighted by Crippen LogP contribution is -2.69. The summed E-state index contributed by atoms with van der Waals surface area (Å²) in [6, 6.07) is 0. The summed E-state index contributed by atoms with van der Waals surface area (Å²) in [4.78, 5) is 12.0. The lowest BCUT2D eigenvalue weighted by Gasteiger charge is -2.62. The molecular formula is C21H29FO4. The van der Waals surface area contributed by atoms with Crippen molar-refractivity contribution in [2.45, 2.75) is 70.2 Å². The van der Waals surface area contributed by atoms with Crippen LogP contribution in [0.3, 0.4) is 0 Å². The molecule has 0 radical (unpaired) electrons. The molecule has 26 heavy (non-hydrogen) atoms. The van der Waals surface area contributed by atoms with Gasteiger partial charge in [0.2, 0.25) is 0 Å². The Bertz CT molecular complexity index is 717. The molecule has 5 heteroatoms. The Balaban J connectivity index is 1.85. The number of aliphatic carboxylic acids is 1. The Morgan fingerprint density at radius 1 is 1.31 bits per heavy atom. The zero-order valence-corrected chi connectivity index (χ0v) is 15.7. The van der Waals surface area contributed by atoms with E-state index in [1.54, 1.807) is 13.8 Å². The second-order valence-corrected chi connectivity index (χ2v) is 9.44. The van der Waals surface area contributed by atoms with Crippen molar-refractivity contribution in [2.75, 3.05) is 0 Å². The molecule has 3 fully saturated rings. The van der Waals surface area contributed by atoms with E-state index in [-0.39, 0.29) is 12.3 Å². The van der Waals surface area contributed by atoms with Crippen LogP contribution in [-0.4, -0.2) is 38.7 Å². The van der Waals surface area contributed by atoms with E-state index in [1.807, 2.05) is 19.1 Å².